The van der Waals surface area contributed by atoms with Crippen LogP contribution in [0.5, 0.6) is 11.5 Å². The number of nitrogen functional groups attached to an aromatic ring is 1. The Balaban J connectivity index is 2.31. The smallest absolute Gasteiger partial charge is 0.256 e. The van der Waals surface area contributed by atoms with Crippen molar-refractivity contribution < 1.29 is 19.4 Å². The number of carbonyl (C=O) groups excluding carboxylic acids is 1. The third kappa shape index (κ3) is 2.06. The number of amides is 1. The summed E-state index contributed by atoms with van der Waals surface area (Å²) in [4.78, 5) is 13.6. The van der Waals surface area contributed by atoms with Crippen LogP contribution in [0.25, 0.3) is 0 Å². The van der Waals surface area contributed by atoms with Gasteiger partial charge in [0, 0.05) is 18.8 Å². The van der Waals surface area contributed by atoms with E-state index < -0.39 is 0 Å². The molecular weight excluding hydrogens is 236 g/mol. The third-order valence-corrected chi connectivity index (χ3v) is 3.02. The normalized spacial score (nSPS) is 14.4. The number of fused-ring (bicyclic) bond motifs is 1. The van der Waals surface area contributed by atoms with E-state index in [1.165, 1.54) is 4.90 Å². The first-order valence-electron chi connectivity index (χ1n) is 5.61. The number of likely N-dealkylation sites (N-methyl/N-ethyl adjacent to an activating group) is 1. The van der Waals surface area contributed by atoms with Gasteiger partial charge in [-0.15, -0.1) is 0 Å². The molecule has 0 aromatic heterocycles. The van der Waals surface area contributed by atoms with Crippen molar-refractivity contribution in [2.24, 2.45) is 0 Å². The van der Waals surface area contributed by atoms with Crippen molar-refractivity contribution in [3.8, 4) is 11.5 Å². The quantitative estimate of drug-likeness (QED) is 0.763. The van der Waals surface area contributed by atoms with E-state index in [4.69, 9.17) is 20.3 Å². The first kappa shape index (κ1) is 12.5. The van der Waals surface area contributed by atoms with E-state index in [0.717, 1.165) is 0 Å². The van der Waals surface area contributed by atoms with Gasteiger partial charge in [-0.2, -0.15) is 0 Å². The average Bonchev–Trinajstić information content (AvgIpc) is 2.82. The van der Waals surface area contributed by atoms with Crippen LogP contribution in [0, 0.1) is 0 Å². The molecule has 1 aromatic rings. The first-order valence-corrected chi connectivity index (χ1v) is 5.61. The maximum atomic E-state index is 12.2. The summed E-state index contributed by atoms with van der Waals surface area (Å²) in [7, 11) is 1.62. The van der Waals surface area contributed by atoms with Crippen molar-refractivity contribution in [2.75, 3.05) is 26.2 Å². The molecule has 0 bridgehead atoms. The van der Waals surface area contributed by atoms with Gasteiger partial charge < -0.3 is 25.2 Å². The number of nitrogens with zero attached hydrogens (tertiary/aromatic N) is 1. The molecule has 0 fully saturated rings. The molecule has 6 heteroatoms. The summed E-state index contributed by atoms with van der Waals surface area (Å²) in [6, 6.07) is 2.87. The fourth-order valence-corrected chi connectivity index (χ4v) is 1.66. The predicted molar refractivity (Wildman–Crippen MR) is 65.6 cm³/mol. The highest BCUT2D eigenvalue weighted by Gasteiger charge is 2.23. The van der Waals surface area contributed by atoms with Crippen molar-refractivity contribution in [1.82, 2.24) is 4.90 Å². The number of hydrogen-bond donors (Lipinski definition) is 2. The highest BCUT2D eigenvalue weighted by molar-refractivity contribution is 6.00. The lowest BCUT2D eigenvalue weighted by Crippen LogP contribution is -2.37. The predicted octanol–water partition coefficient (Wildman–Crippen LogP) is 0.450. The number of rotatable bonds is 3. The third-order valence-electron chi connectivity index (χ3n) is 3.02. The molecule has 1 aromatic carbocycles. The molecular formula is C12H16N2O4. The highest BCUT2D eigenvalue weighted by Crippen LogP contribution is 2.36. The lowest BCUT2D eigenvalue weighted by atomic mass is 10.1. The molecule has 0 aliphatic carbocycles. The number of hydrogen-bond acceptors (Lipinski definition) is 5. The second kappa shape index (κ2) is 4.73. The largest absolute Gasteiger partial charge is 0.454 e. The van der Waals surface area contributed by atoms with Crippen LogP contribution in [-0.4, -0.2) is 42.4 Å². The van der Waals surface area contributed by atoms with Gasteiger partial charge in [-0.1, -0.05) is 0 Å². The van der Waals surface area contributed by atoms with Crippen LogP contribution < -0.4 is 15.2 Å². The van der Waals surface area contributed by atoms with Crippen LogP contribution in [-0.2, 0) is 0 Å². The molecule has 2 rings (SSSR count). The summed E-state index contributed by atoms with van der Waals surface area (Å²) < 4.78 is 10.4. The van der Waals surface area contributed by atoms with E-state index in [0.29, 0.717) is 22.7 Å². The molecule has 18 heavy (non-hydrogen) atoms. The monoisotopic (exact) mass is 252 g/mol. The topological polar surface area (TPSA) is 85.0 Å². The van der Waals surface area contributed by atoms with Gasteiger partial charge in [0.15, 0.2) is 11.5 Å². The van der Waals surface area contributed by atoms with E-state index in [-0.39, 0.29) is 25.3 Å². The van der Waals surface area contributed by atoms with Gasteiger partial charge in [-0.25, -0.2) is 0 Å². The molecule has 0 saturated heterocycles. The maximum absolute atomic E-state index is 12.2. The lowest BCUT2D eigenvalue weighted by molar-refractivity contribution is 0.0683. The van der Waals surface area contributed by atoms with E-state index in [1.807, 2.05) is 0 Å². The van der Waals surface area contributed by atoms with Crippen LogP contribution >= 0.6 is 0 Å². The molecule has 6 nitrogen and oxygen atoms in total. The van der Waals surface area contributed by atoms with Gasteiger partial charge in [0.25, 0.3) is 5.91 Å². The Morgan fingerprint density at radius 2 is 2.11 bits per heavy atom. The molecule has 1 unspecified atom stereocenters. The van der Waals surface area contributed by atoms with Gasteiger partial charge in [-0.05, 0) is 13.0 Å². The fourth-order valence-electron chi connectivity index (χ4n) is 1.66. The molecule has 0 saturated carbocycles. The second-order valence-electron chi connectivity index (χ2n) is 4.24. The highest BCUT2D eigenvalue weighted by atomic mass is 16.7. The molecule has 1 atom stereocenters. The minimum Gasteiger partial charge on any atom is -0.454 e. The molecule has 1 aliphatic heterocycles. The maximum Gasteiger partial charge on any atom is 0.256 e. The average molecular weight is 252 g/mol. The van der Waals surface area contributed by atoms with E-state index in [1.54, 1.807) is 26.1 Å². The fraction of sp³-hybridized carbons (Fsp3) is 0.417. The van der Waals surface area contributed by atoms with Gasteiger partial charge in [0.05, 0.1) is 18.2 Å². The summed E-state index contributed by atoms with van der Waals surface area (Å²) in [6.07, 6.45) is 0. The minimum atomic E-state index is -0.276. The van der Waals surface area contributed by atoms with Gasteiger partial charge in [0.2, 0.25) is 6.79 Å². The van der Waals surface area contributed by atoms with Crippen molar-refractivity contribution in [1.29, 1.82) is 0 Å². The van der Waals surface area contributed by atoms with Crippen LogP contribution in [0.3, 0.4) is 0 Å². The van der Waals surface area contributed by atoms with E-state index >= 15 is 0 Å². The van der Waals surface area contributed by atoms with Crippen LogP contribution in [0.4, 0.5) is 5.69 Å². The Morgan fingerprint density at radius 1 is 1.50 bits per heavy atom. The van der Waals surface area contributed by atoms with Gasteiger partial charge in [-0.3, -0.25) is 4.79 Å². The van der Waals surface area contributed by atoms with Crippen molar-refractivity contribution in [2.45, 2.75) is 13.0 Å². The number of aliphatic hydroxyl groups excluding tert-OH is 1. The van der Waals surface area contributed by atoms with E-state index in [9.17, 15) is 4.79 Å². The number of carbonyl (C=O) groups is 1. The summed E-state index contributed by atoms with van der Waals surface area (Å²) >= 11 is 0. The second-order valence-corrected chi connectivity index (χ2v) is 4.24. The van der Waals surface area contributed by atoms with Crippen molar-refractivity contribution in [3.05, 3.63) is 17.7 Å². The van der Waals surface area contributed by atoms with E-state index in [2.05, 4.69) is 0 Å². The molecule has 1 aliphatic rings. The lowest BCUT2D eigenvalue weighted by Gasteiger charge is -2.23. The molecule has 0 radical (unpaired) electrons. The van der Waals surface area contributed by atoms with Crippen molar-refractivity contribution >= 4 is 11.6 Å². The SMILES string of the molecule is CC(CO)N(C)C(=O)c1cc2c(cc1N)OCO2. The molecule has 98 valence electrons. The van der Waals surface area contributed by atoms with Crippen LogP contribution in [0.2, 0.25) is 0 Å². The Morgan fingerprint density at radius 3 is 2.72 bits per heavy atom. The summed E-state index contributed by atoms with van der Waals surface area (Å²) in [5.41, 5.74) is 6.51. The number of ether oxygens (including phenoxy) is 2. The zero-order valence-corrected chi connectivity index (χ0v) is 10.3. The number of anilines is 1. The molecule has 3 N–H and O–H groups in total. The molecule has 0 spiro atoms. The Labute approximate surface area is 105 Å². The summed E-state index contributed by atoms with van der Waals surface area (Å²) in [5, 5.41) is 9.06. The Bertz CT molecular complexity index is 475. The number of benzene rings is 1. The van der Waals surface area contributed by atoms with Gasteiger partial charge >= 0.3 is 0 Å². The summed E-state index contributed by atoms with van der Waals surface area (Å²) in [5.74, 6) is 0.798. The van der Waals surface area contributed by atoms with Crippen LogP contribution in [0.15, 0.2) is 12.1 Å². The minimum absolute atomic E-state index is 0.104. The van der Waals surface area contributed by atoms with Gasteiger partial charge in [0.1, 0.15) is 0 Å². The Hall–Kier alpha value is -1.95. The number of aliphatic hydroxyl groups is 1. The molecule has 1 heterocycles. The first-order chi connectivity index (χ1) is 8.54. The Kier molecular flexibility index (Phi) is 3.29. The zero-order valence-electron chi connectivity index (χ0n) is 10.3. The van der Waals surface area contributed by atoms with Crippen molar-refractivity contribution in [3.63, 3.8) is 0 Å². The zero-order chi connectivity index (χ0) is 13.3. The van der Waals surface area contributed by atoms with Crippen LogP contribution in [0.1, 0.15) is 17.3 Å². The summed E-state index contributed by atoms with van der Waals surface area (Å²) in [6.45, 7) is 1.78. The number of nitrogens with two attached hydrogens (primary N) is 1. The standard InChI is InChI=1S/C12H16N2O4/c1-7(5-15)14(2)12(16)8-3-10-11(4-9(8)13)18-6-17-10/h3-4,7,15H,5-6,13H2,1-2H3. The molecule has 1 amide bonds.